The predicted molar refractivity (Wildman–Crippen MR) is 89.5 cm³/mol. The van der Waals surface area contributed by atoms with Crippen molar-refractivity contribution in [3.8, 4) is 6.07 Å². The summed E-state index contributed by atoms with van der Waals surface area (Å²) in [5.41, 5.74) is 4.13. The lowest BCUT2D eigenvalue weighted by molar-refractivity contribution is -0.133. The highest BCUT2D eigenvalue weighted by Gasteiger charge is 2.34. The van der Waals surface area contributed by atoms with Gasteiger partial charge in [-0.05, 0) is 31.7 Å². The van der Waals surface area contributed by atoms with E-state index in [-0.39, 0.29) is 5.57 Å². The van der Waals surface area contributed by atoms with Crippen molar-refractivity contribution in [2.75, 3.05) is 0 Å². The van der Waals surface area contributed by atoms with Crippen molar-refractivity contribution in [2.24, 2.45) is 5.92 Å². The van der Waals surface area contributed by atoms with E-state index in [0.717, 1.165) is 23.2 Å². The summed E-state index contributed by atoms with van der Waals surface area (Å²) in [6, 6.07) is 9.96. The molecule has 0 radical (unpaired) electrons. The number of nitrogens with one attached hydrogen (secondary N) is 1. The Hall–Kier alpha value is -2.54. The molecule has 1 unspecified atom stereocenters. The van der Waals surface area contributed by atoms with Gasteiger partial charge in [-0.1, -0.05) is 43.7 Å². The van der Waals surface area contributed by atoms with E-state index in [1.54, 1.807) is 6.92 Å². The molecule has 0 fully saturated rings. The molecule has 2 rings (SSSR count). The molecule has 23 heavy (non-hydrogen) atoms. The standard InChI is InChI=1S/C19H22N2O2/c1-11(2)9-16-15(10-20)18(14-7-5-12(3)6-8-14)17(19(22)23)13(4)21-16/h5-8,11,18,21H,9H2,1-4H3,(H,22,23). The topological polar surface area (TPSA) is 73.1 Å². The molecule has 1 aromatic carbocycles. The first-order valence-corrected chi connectivity index (χ1v) is 7.76. The van der Waals surface area contributed by atoms with Crippen LogP contribution in [0.15, 0.2) is 46.8 Å². The minimum atomic E-state index is -0.989. The zero-order valence-corrected chi connectivity index (χ0v) is 14.0. The summed E-state index contributed by atoms with van der Waals surface area (Å²) < 4.78 is 0. The van der Waals surface area contributed by atoms with Crippen molar-refractivity contribution in [3.05, 3.63) is 57.9 Å². The molecular weight excluding hydrogens is 288 g/mol. The number of aliphatic carboxylic acids is 1. The lowest BCUT2D eigenvalue weighted by atomic mass is 9.79. The van der Waals surface area contributed by atoms with Crippen LogP contribution in [-0.4, -0.2) is 11.1 Å². The van der Waals surface area contributed by atoms with Gasteiger partial charge in [0.2, 0.25) is 0 Å². The van der Waals surface area contributed by atoms with Gasteiger partial charge in [0.25, 0.3) is 0 Å². The van der Waals surface area contributed by atoms with Crippen LogP contribution in [0.3, 0.4) is 0 Å². The first-order chi connectivity index (χ1) is 10.8. The maximum atomic E-state index is 11.8. The quantitative estimate of drug-likeness (QED) is 0.885. The Morgan fingerprint density at radius 2 is 1.91 bits per heavy atom. The molecule has 120 valence electrons. The van der Waals surface area contributed by atoms with Crippen molar-refractivity contribution < 1.29 is 9.90 Å². The molecule has 0 aromatic heterocycles. The molecule has 0 bridgehead atoms. The minimum Gasteiger partial charge on any atom is -0.478 e. The maximum absolute atomic E-state index is 11.8. The van der Waals surface area contributed by atoms with Gasteiger partial charge in [-0.25, -0.2) is 4.79 Å². The number of hydrogen-bond acceptors (Lipinski definition) is 3. The lowest BCUT2D eigenvalue weighted by Crippen LogP contribution is -2.29. The normalized spacial score (nSPS) is 18.0. The second-order valence-electron chi connectivity index (χ2n) is 6.41. The molecule has 1 atom stereocenters. The average Bonchev–Trinajstić information content (AvgIpc) is 2.46. The summed E-state index contributed by atoms with van der Waals surface area (Å²) in [6.07, 6.45) is 0.718. The molecule has 1 heterocycles. The number of hydrogen-bond donors (Lipinski definition) is 2. The van der Waals surface area contributed by atoms with Gasteiger partial charge in [0, 0.05) is 11.4 Å². The van der Waals surface area contributed by atoms with E-state index in [9.17, 15) is 15.2 Å². The minimum absolute atomic E-state index is 0.248. The summed E-state index contributed by atoms with van der Waals surface area (Å²) in [4.78, 5) is 11.8. The summed E-state index contributed by atoms with van der Waals surface area (Å²) in [5.74, 6) is -1.14. The highest BCUT2D eigenvalue weighted by Crippen LogP contribution is 2.39. The number of carboxylic acids is 1. The van der Waals surface area contributed by atoms with Crippen LogP contribution in [0.5, 0.6) is 0 Å². The third kappa shape index (κ3) is 3.45. The molecule has 1 aromatic rings. The molecule has 2 N–H and O–H groups in total. The molecule has 4 nitrogen and oxygen atoms in total. The zero-order valence-electron chi connectivity index (χ0n) is 14.0. The smallest absolute Gasteiger partial charge is 0.334 e. The first-order valence-electron chi connectivity index (χ1n) is 7.76. The number of rotatable bonds is 4. The highest BCUT2D eigenvalue weighted by atomic mass is 16.4. The zero-order chi connectivity index (χ0) is 17.1. The Balaban J connectivity index is 2.63. The number of carbonyl (C=O) groups is 1. The van der Waals surface area contributed by atoms with Crippen LogP contribution in [0, 0.1) is 24.2 Å². The molecule has 0 saturated heterocycles. The molecule has 0 spiro atoms. The van der Waals surface area contributed by atoms with Gasteiger partial charge in [0.1, 0.15) is 0 Å². The Morgan fingerprint density at radius 3 is 2.39 bits per heavy atom. The highest BCUT2D eigenvalue weighted by molar-refractivity contribution is 5.91. The third-order valence-electron chi connectivity index (χ3n) is 4.02. The fourth-order valence-electron chi connectivity index (χ4n) is 2.97. The number of benzene rings is 1. The van der Waals surface area contributed by atoms with Crippen molar-refractivity contribution in [3.63, 3.8) is 0 Å². The molecule has 0 saturated carbocycles. The van der Waals surface area contributed by atoms with Crippen LogP contribution in [0.1, 0.15) is 44.2 Å². The van der Waals surface area contributed by atoms with Crippen LogP contribution in [0.4, 0.5) is 0 Å². The Morgan fingerprint density at radius 1 is 1.30 bits per heavy atom. The second-order valence-corrected chi connectivity index (χ2v) is 6.41. The number of dihydropyridines is 1. The van der Waals surface area contributed by atoms with E-state index in [0.29, 0.717) is 17.2 Å². The predicted octanol–water partition coefficient (Wildman–Crippen LogP) is 3.86. The van der Waals surface area contributed by atoms with Crippen LogP contribution in [0.2, 0.25) is 0 Å². The Kier molecular flexibility index (Phi) is 4.90. The van der Waals surface area contributed by atoms with Gasteiger partial charge in [-0.2, -0.15) is 5.26 Å². The average molecular weight is 310 g/mol. The summed E-state index contributed by atoms with van der Waals surface area (Å²) >= 11 is 0. The van der Waals surface area contributed by atoms with Crippen LogP contribution in [-0.2, 0) is 4.79 Å². The first kappa shape index (κ1) is 16.8. The van der Waals surface area contributed by atoms with E-state index in [4.69, 9.17) is 0 Å². The van der Waals surface area contributed by atoms with E-state index in [1.807, 2.05) is 31.2 Å². The van der Waals surface area contributed by atoms with E-state index in [2.05, 4.69) is 25.2 Å². The van der Waals surface area contributed by atoms with E-state index < -0.39 is 11.9 Å². The van der Waals surface area contributed by atoms with Crippen LogP contribution in [0.25, 0.3) is 0 Å². The van der Waals surface area contributed by atoms with Crippen LogP contribution >= 0.6 is 0 Å². The molecular formula is C19H22N2O2. The van der Waals surface area contributed by atoms with Gasteiger partial charge in [0.15, 0.2) is 0 Å². The maximum Gasteiger partial charge on any atom is 0.334 e. The summed E-state index contributed by atoms with van der Waals surface area (Å²) in [6.45, 7) is 7.91. The van der Waals surface area contributed by atoms with Gasteiger partial charge in [-0.3, -0.25) is 0 Å². The van der Waals surface area contributed by atoms with Gasteiger partial charge in [0.05, 0.1) is 23.1 Å². The van der Waals surface area contributed by atoms with Crippen molar-refractivity contribution >= 4 is 5.97 Å². The third-order valence-corrected chi connectivity index (χ3v) is 4.02. The van der Waals surface area contributed by atoms with Gasteiger partial charge in [-0.15, -0.1) is 0 Å². The number of allylic oxidation sites excluding steroid dienone is 3. The van der Waals surface area contributed by atoms with E-state index >= 15 is 0 Å². The molecule has 0 amide bonds. The van der Waals surface area contributed by atoms with Crippen molar-refractivity contribution in [2.45, 2.75) is 40.0 Å². The monoisotopic (exact) mass is 310 g/mol. The van der Waals surface area contributed by atoms with Crippen molar-refractivity contribution in [1.29, 1.82) is 5.26 Å². The fourth-order valence-corrected chi connectivity index (χ4v) is 2.97. The fraction of sp³-hybridized carbons (Fsp3) is 0.368. The largest absolute Gasteiger partial charge is 0.478 e. The molecule has 1 aliphatic rings. The number of carboxylic acid groups (broad SMARTS) is 1. The summed E-state index contributed by atoms with van der Waals surface area (Å²) in [7, 11) is 0. The Bertz CT molecular complexity index is 719. The van der Waals surface area contributed by atoms with Crippen LogP contribution < -0.4 is 5.32 Å². The van der Waals surface area contributed by atoms with Crippen molar-refractivity contribution in [1.82, 2.24) is 5.32 Å². The Labute approximate surface area is 137 Å². The summed E-state index contributed by atoms with van der Waals surface area (Å²) in [5, 5.41) is 22.5. The lowest BCUT2D eigenvalue weighted by Gasteiger charge is -2.29. The van der Waals surface area contributed by atoms with Gasteiger partial charge >= 0.3 is 5.97 Å². The number of aryl methyl sites for hydroxylation is 1. The second kappa shape index (κ2) is 6.70. The van der Waals surface area contributed by atoms with Gasteiger partial charge < -0.3 is 10.4 Å². The molecule has 4 heteroatoms. The van der Waals surface area contributed by atoms with E-state index in [1.165, 1.54) is 0 Å². The number of nitriles is 1. The molecule has 1 aliphatic heterocycles. The molecule has 0 aliphatic carbocycles. The number of nitrogens with zero attached hydrogens (tertiary/aromatic N) is 1. The SMILES string of the molecule is CC1=C(C(=O)O)C(c2ccc(C)cc2)C(C#N)=C(CC(C)C)N1.